The lowest BCUT2D eigenvalue weighted by atomic mass is 10.2. The van der Waals surface area contributed by atoms with Crippen molar-refractivity contribution in [2.75, 3.05) is 6.61 Å². The summed E-state index contributed by atoms with van der Waals surface area (Å²) in [6, 6.07) is 7.33. The number of halogens is 1. The largest absolute Gasteiger partial charge is 0.463 e. The molecule has 1 heterocycles. The van der Waals surface area contributed by atoms with Crippen molar-refractivity contribution in [2.24, 2.45) is 0 Å². The smallest absolute Gasteiger partial charge is 0.330 e. The van der Waals surface area contributed by atoms with Crippen LogP contribution in [0.3, 0.4) is 0 Å². The van der Waals surface area contributed by atoms with Crippen LogP contribution in [0, 0.1) is 0 Å². The van der Waals surface area contributed by atoms with E-state index in [-0.39, 0.29) is 5.97 Å². The fourth-order valence-corrected chi connectivity index (χ4v) is 1.78. The first-order valence-electron chi connectivity index (χ1n) is 6.17. The van der Waals surface area contributed by atoms with Gasteiger partial charge in [-0.25, -0.2) is 14.5 Å². The van der Waals surface area contributed by atoms with E-state index < -0.39 is 0 Å². The summed E-state index contributed by atoms with van der Waals surface area (Å²) in [5, 5.41) is 4.95. The van der Waals surface area contributed by atoms with E-state index in [1.165, 1.54) is 6.08 Å². The van der Waals surface area contributed by atoms with Gasteiger partial charge in [0, 0.05) is 16.7 Å². The normalized spacial score (nSPS) is 10.9. The summed E-state index contributed by atoms with van der Waals surface area (Å²) in [6.07, 6.45) is 4.66. The Labute approximate surface area is 121 Å². The van der Waals surface area contributed by atoms with E-state index in [0.29, 0.717) is 24.0 Å². The van der Waals surface area contributed by atoms with Crippen LogP contribution >= 0.6 is 11.6 Å². The number of aromatic nitrogens is 3. The topological polar surface area (TPSA) is 57.0 Å². The van der Waals surface area contributed by atoms with Crippen LogP contribution in [0.2, 0.25) is 5.02 Å². The Balaban J connectivity index is 2.01. The van der Waals surface area contributed by atoms with Crippen molar-refractivity contribution in [3.8, 4) is 11.4 Å². The van der Waals surface area contributed by atoms with Crippen LogP contribution in [0.15, 0.2) is 42.7 Å². The van der Waals surface area contributed by atoms with E-state index in [2.05, 4.69) is 10.1 Å². The van der Waals surface area contributed by atoms with Crippen LogP contribution in [0.1, 0.15) is 6.92 Å². The molecule has 104 valence electrons. The first-order valence-corrected chi connectivity index (χ1v) is 6.55. The van der Waals surface area contributed by atoms with Gasteiger partial charge < -0.3 is 4.74 Å². The van der Waals surface area contributed by atoms with Gasteiger partial charge in [-0.15, -0.1) is 0 Å². The zero-order valence-electron chi connectivity index (χ0n) is 11.0. The third kappa shape index (κ3) is 3.93. The van der Waals surface area contributed by atoms with Crippen molar-refractivity contribution in [2.45, 2.75) is 13.5 Å². The quantitative estimate of drug-likeness (QED) is 0.628. The number of allylic oxidation sites excluding steroid dienone is 1. The summed E-state index contributed by atoms with van der Waals surface area (Å²) in [5.74, 6) is 0.236. The van der Waals surface area contributed by atoms with Crippen molar-refractivity contribution in [1.29, 1.82) is 0 Å². The Hall–Kier alpha value is -2.14. The maximum atomic E-state index is 11.1. The molecule has 0 saturated carbocycles. The van der Waals surface area contributed by atoms with Gasteiger partial charge >= 0.3 is 5.97 Å². The summed E-state index contributed by atoms with van der Waals surface area (Å²) in [7, 11) is 0. The monoisotopic (exact) mass is 291 g/mol. The summed E-state index contributed by atoms with van der Waals surface area (Å²) >= 11 is 5.92. The molecular formula is C14H14ClN3O2. The minimum Gasteiger partial charge on any atom is -0.463 e. The molecule has 0 aliphatic heterocycles. The number of esters is 1. The Morgan fingerprint density at radius 2 is 2.35 bits per heavy atom. The van der Waals surface area contributed by atoms with Gasteiger partial charge in [0.05, 0.1) is 13.2 Å². The Kier molecular flexibility index (Phi) is 4.90. The predicted molar refractivity (Wildman–Crippen MR) is 76.2 cm³/mol. The van der Waals surface area contributed by atoms with E-state index >= 15 is 0 Å². The van der Waals surface area contributed by atoms with Gasteiger partial charge in [0.2, 0.25) is 0 Å². The molecule has 5 nitrogen and oxygen atoms in total. The van der Waals surface area contributed by atoms with E-state index in [1.54, 1.807) is 36.1 Å². The molecule has 0 aliphatic carbocycles. The zero-order valence-corrected chi connectivity index (χ0v) is 11.7. The highest BCUT2D eigenvalue weighted by molar-refractivity contribution is 6.30. The number of hydrogen-bond acceptors (Lipinski definition) is 4. The Morgan fingerprint density at radius 1 is 1.50 bits per heavy atom. The molecule has 0 amide bonds. The lowest BCUT2D eigenvalue weighted by Gasteiger charge is -1.97. The molecule has 1 aromatic carbocycles. The summed E-state index contributed by atoms with van der Waals surface area (Å²) in [6.45, 7) is 2.58. The highest BCUT2D eigenvalue weighted by Crippen LogP contribution is 2.18. The first-order chi connectivity index (χ1) is 9.69. The molecule has 0 fully saturated rings. The summed E-state index contributed by atoms with van der Waals surface area (Å²) < 4.78 is 6.41. The molecule has 2 aromatic rings. The standard InChI is InChI=1S/C14H14ClN3O2/c1-2-20-13(19)7-4-8-18-10-16-14(17-18)11-5-3-6-12(15)9-11/h3-7,9-10H,2,8H2,1H3/b7-4+. The lowest BCUT2D eigenvalue weighted by Crippen LogP contribution is -2.01. The molecule has 0 atom stereocenters. The zero-order chi connectivity index (χ0) is 14.4. The summed E-state index contributed by atoms with van der Waals surface area (Å²) in [5.41, 5.74) is 0.852. The van der Waals surface area contributed by atoms with Crippen molar-refractivity contribution in [3.63, 3.8) is 0 Å². The number of hydrogen-bond donors (Lipinski definition) is 0. The average molecular weight is 292 g/mol. The molecule has 6 heteroatoms. The molecule has 0 unspecified atom stereocenters. The molecule has 0 bridgehead atoms. The highest BCUT2D eigenvalue weighted by Gasteiger charge is 2.04. The van der Waals surface area contributed by atoms with Crippen molar-refractivity contribution < 1.29 is 9.53 Å². The number of nitrogens with zero attached hydrogens (tertiary/aromatic N) is 3. The van der Waals surface area contributed by atoms with Crippen molar-refractivity contribution in [3.05, 3.63) is 47.8 Å². The van der Waals surface area contributed by atoms with Crippen LogP contribution in [0.25, 0.3) is 11.4 Å². The second kappa shape index (κ2) is 6.86. The van der Waals surface area contributed by atoms with Gasteiger partial charge in [0.25, 0.3) is 0 Å². The molecular weight excluding hydrogens is 278 g/mol. The van der Waals surface area contributed by atoms with Gasteiger partial charge in [0.1, 0.15) is 6.33 Å². The van der Waals surface area contributed by atoms with Crippen molar-refractivity contribution >= 4 is 17.6 Å². The van der Waals surface area contributed by atoms with E-state index in [4.69, 9.17) is 16.3 Å². The minimum absolute atomic E-state index is 0.359. The molecule has 1 aromatic heterocycles. The SMILES string of the molecule is CCOC(=O)/C=C/Cn1cnc(-c2cccc(Cl)c2)n1. The van der Waals surface area contributed by atoms with Gasteiger partial charge in [-0.2, -0.15) is 5.10 Å². The van der Waals surface area contributed by atoms with E-state index in [0.717, 1.165) is 5.56 Å². The van der Waals surface area contributed by atoms with Crippen LogP contribution in [0.4, 0.5) is 0 Å². The highest BCUT2D eigenvalue weighted by atomic mass is 35.5. The number of carbonyl (C=O) groups excluding carboxylic acids is 1. The first kappa shape index (κ1) is 14.3. The number of benzene rings is 1. The number of ether oxygens (including phenoxy) is 1. The third-order valence-electron chi connectivity index (χ3n) is 2.45. The third-order valence-corrected chi connectivity index (χ3v) is 2.69. The lowest BCUT2D eigenvalue weighted by molar-refractivity contribution is -0.137. The second-order valence-electron chi connectivity index (χ2n) is 3.95. The van der Waals surface area contributed by atoms with Gasteiger partial charge in [-0.05, 0) is 19.1 Å². The average Bonchev–Trinajstić information content (AvgIpc) is 2.88. The Morgan fingerprint density at radius 3 is 3.10 bits per heavy atom. The van der Waals surface area contributed by atoms with E-state index in [1.807, 2.05) is 12.1 Å². The van der Waals surface area contributed by atoms with Crippen molar-refractivity contribution in [1.82, 2.24) is 14.8 Å². The van der Waals surface area contributed by atoms with Gasteiger partial charge in [0.15, 0.2) is 5.82 Å². The van der Waals surface area contributed by atoms with Crippen LogP contribution in [-0.2, 0) is 16.1 Å². The fourth-order valence-electron chi connectivity index (χ4n) is 1.59. The maximum Gasteiger partial charge on any atom is 0.330 e. The van der Waals surface area contributed by atoms with Gasteiger partial charge in [-0.3, -0.25) is 0 Å². The van der Waals surface area contributed by atoms with Gasteiger partial charge in [-0.1, -0.05) is 29.8 Å². The van der Waals surface area contributed by atoms with E-state index in [9.17, 15) is 4.79 Å². The number of rotatable bonds is 5. The molecule has 0 radical (unpaired) electrons. The van der Waals surface area contributed by atoms with Crippen LogP contribution < -0.4 is 0 Å². The fraction of sp³-hybridized carbons (Fsp3) is 0.214. The molecule has 0 spiro atoms. The molecule has 0 saturated heterocycles. The molecule has 0 N–H and O–H groups in total. The minimum atomic E-state index is -0.359. The molecule has 2 rings (SSSR count). The number of carbonyl (C=O) groups is 1. The second-order valence-corrected chi connectivity index (χ2v) is 4.39. The molecule has 20 heavy (non-hydrogen) atoms. The Bertz CT molecular complexity index is 622. The maximum absolute atomic E-state index is 11.1. The summed E-state index contributed by atoms with van der Waals surface area (Å²) in [4.78, 5) is 15.3. The predicted octanol–water partition coefficient (Wildman–Crippen LogP) is 2.72. The van der Waals surface area contributed by atoms with Crippen LogP contribution in [-0.4, -0.2) is 27.3 Å². The molecule has 0 aliphatic rings. The van der Waals surface area contributed by atoms with Crippen LogP contribution in [0.5, 0.6) is 0 Å².